The maximum Gasteiger partial charge on any atom is 0.308 e. The van der Waals surface area contributed by atoms with Crippen LogP contribution >= 0.6 is 0 Å². The molecule has 2 aromatic rings. The molecule has 1 aromatic carbocycles. The zero-order valence-corrected chi connectivity index (χ0v) is 12.2. The summed E-state index contributed by atoms with van der Waals surface area (Å²) < 4.78 is 1.93. The quantitative estimate of drug-likeness (QED) is 0.935. The van der Waals surface area contributed by atoms with E-state index in [4.69, 9.17) is 5.11 Å². The molecule has 0 atom stereocenters. The van der Waals surface area contributed by atoms with Gasteiger partial charge in [-0.3, -0.25) is 9.59 Å². The first-order valence-electron chi connectivity index (χ1n) is 6.67. The average Bonchev–Trinajstić information content (AvgIpc) is 2.40. The largest absolute Gasteiger partial charge is 0.481 e. The van der Waals surface area contributed by atoms with E-state index in [1.807, 2.05) is 23.7 Å². The van der Waals surface area contributed by atoms with E-state index in [0.717, 1.165) is 16.8 Å². The number of carbonyl (C=O) groups is 1. The van der Waals surface area contributed by atoms with Crippen LogP contribution < -0.4 is 5.43 Å². The SMILES string of the molecule is Cc1c(CC(=O)O)c(=O)c2cccc(C(C)C)c2n1C. The number of aromatic nitrogens is 1. The third kappa shape index (κ3) is 2.22. The number of benzene rings is 1. The molecule has 0 spiro atoms. The molecular formula is C16H19NO3. The number of carboxylic acids is 1. The van der Waals surface area contributed by atoms with Gasteiger partial charge in [0.2, 0.25) is 0 Å². The first kappa shape index (κ1) is 14.3. The van der Waals surface area contributed by atoms with Gasteiger partial charge < -0.3 is 9.67 Å². The fraction of sp³-hybridized carbons (Fsp3) is 0.375. The van der Waals surface area contributed by atoms with E-state index in [1.165, 1.54) is 0 Å². The van der Waals surface area contributed by atoms with Crippen LogP contribution in [0.5, 0.6) is 0 Å². The monoisotopic (exact) mass is 273 g/mol. The molecule has 0 amide bonds. The molecule has 0 saturated carbocycles. The van der Waals surface area contributed by atoms with Crippen molar-refractivity contribution >= 4 is 16.9 Å². The van der Waals surface area contributed by atoms with Gasteiger partial charge in [0.15, 0.2) is 5.43 Å². The summed E-state index contributed by atoms with van der Waals surface area (Å²) in [5.41, 5.74) is 2.93. The zero-order chi connectivity index (χ0) is 15.0. The maximum atomic E-state index is 12.5. The Morgan fingerprint density at radius 1 is 1.35 bits per heavy atom. The van der Waals surface area contributed by atoms with Crippen LogP contribution in [0.2, 0.25) is 0 Å². The van der Waals surface area contributed by atoms with Gasteiger partial charge in [-0.15, -0.1) is 0 Å². The molecule has 0 saturated heterocycles. The second-order valence-corrected chi connectivity index (χ2v) is 5.42. The minimum absolute atomic E-state index is 0.166. The molecule has 2 rings (SSSR count). The van der Waals surface area contributed by atoms with Gasteiger partial charge in [-0.05, 0) is 24.5 Å². The number of hydrogen-bond acceptors (Lipinski definition) is 2. The van der Waals surface area contributed by atoms with Crippen LogP contribution in [0.3, 0.4) is 0 Å². The predicted molar refractivity (Wildman–Crippen MR) is 79.4 cm³/mol. The lowest BCUT2D eigenvalue weighted by atomic mass is 9.97. The Balaban J connectivity index is 2.92. The van der Waals surface area contributed by atoms with E-state index >= 15 is 0 Å². The second kappa shape index (κ2) is 5.12. The summed E-state index contributed by atoms with van der Waals surface area (Å²) in [7, 11) is 1.88. The van der Waals surface area contributed by atoms with Crippen molar-refractivity contribution in [2.24, 2.45) is 7.05 Å². The molecule has 0 aliphatic rings. The lowest BCUT2D eigenvalue weighted by Crippen LogP contribution is -2.21. The highest BCUT2D eigenvalue weighted by atomic mass is 16.4. The molecule has 0 fully saturated rings. The van der Waals surface area contributed by atoms with Gasteiger partial charge in [0.25, 0.3) is 0 Å². The molecule has 106 valence electrons. The van der Waals surface area contributed by atoms with Crippen LogP contribution in [0, 0.1) is 6.92 Å². The van der Waals surface area contributed by atoms with Crippen LogP contribution in [0.4, 0.5) is 0 Å². The van der Waals surface area contributed by atoms with Crippen molar-refractivity contribution in [3.05, 3.63) is 45.2 Å². The lowest BCUT2D eigenvalue weighted by Gasteiger charge is -2.18. The van der Waals surface area contributed by atoms with Crippen LogP contribution in [0.1, 0.15) is 36.6 Å². The van der Waals surface area contributed by atoms with Crippen LogP contribution in [-0.2, 0) is 18.3 Å². The standard InChI is InChI=1S/C16H19NO3/c1-9(2)11-6-5-7-12-15(11)17(4)10(3)13(16(12)20)8-14(18)19/h5-7,9H,8H2,1-4H3,(H,18,19). The van der Waals surface area contributed by atoms with E-state index in [9.17, 15) is 9.59 Å². The van der Waals surface area contributed by atoms with Crippen molar-refractivity contribution < 1.29 is 9.90 Å². The van der Waals surface area contributed by atoms with E-state index in [-0.39, 0.29) is 11.8 Å². The number of hydrogen-bond donors (Lipinski definition) is 1. The third-order valence-corrected chi connectivity index (χ3v) is 3.81. The Morgan fingerprint density at radius 2 is 2.00 bits per heavy atom. The van der Waals surface area contributed by atoms with Crippen molar-refractivity contribution in [3.8, 4) is 0 Å². The molecular weight excluding hydrogens is 254 g/mol. The number of fused-ring (bicyclic) bond motifs is 1. The molecule has 4 nitrogen and oxygen atoms in total. The van der Waals surface area contributed by atoms with Gasteiger partial charge in [0.05, 0.1) is 11.9 Å². The minimum atomic E-state index is -0.982. The Kier molecular flexibility index (Phi) is 3.66. The molecule has 4 heteroatoms. The Hall–Kier alpha value is -2.10. The number of aliphatic carboxylic acids is 1. The molecule has 0 radical (unpaired) electrons. The van der Waals surface area contributed by atoms with Gasteiger partial charge in [0.1, 0.15) is 0 Å². The average molecular weight is 273 g/mol. The van der Waals surface area contributed by atoms with Crippen molar-refractivity contribution in [1.82, 2.24) is 4.57 Å². The highest BCUT2D eigenvalue weighted by molar-refractivity contribution is 5.85. The topological polar surface area (TPSA) is 59.3 Å². The predicted octanol–water partition coefficient (Wildman–Crippen LogP) is 2.60. The number of pyridine rings is 1. The fourth-order valence-corrected chi connectivity index (χ4v) is 2.64. The van der Waals surface area contributed by atoms with Crippen molar-refractivity contribution in [2.45, 2.75) is 33.1 Å². The summed E-state index contributed by atoms with van der Waals surface area (Å²) in [5.74, 6) is -0.682. The van der Waals surface area contributed by atoms with Crippen LogP contribution in [-0.4, -0.2) is 15.6 Å². The van der Waals surface area contributed by atoms with Crippen molar-refractivity contribution in [1.29, 1.82) is 0 Å². The summed E-state index contributed by atoms with van der Waals surface area (Å²) >= 11 is 0. The first-order chi connectivity index (χ1) is 9.34. The Bertz CT molecular complexity index is 741. The summed E-state index contributed by atoms with van der Waals surface area (Å²) in [4.78, 5) is 23.5. The number of aryl methyl sites for hydroxylation is 1. The molecule has 1 aromatic heterocycles. The number of para-hydroxylation sites is 1. The highest BCUT2D eigenvalue weighted by Gasteiger charge is 2.17. The summed E-state index contributed by atoms with van der Waals surface area (Å²) in [6, 6.07) is 5.65. The van der Waals surface area contributed by atoms with Crippen LogP contribution in [0.25, 0.3) is 10.9 Å². The van der Waals surface area contributed by atoms with Gasteiger partial charge in [0, 0.05) is 23.7 Å². The van der Waals surface area contributed by atoms with Gasteiger partial charge in [-0.1, -0.05) is 26.0 Å². The third-order valence-electron chi connectivity index (χ3n) is 3.81. The smallest absolute Gasteiger partial charge is 0.308 e. The summed E-state index contributed by atoms with van der Waals surface area (Å²) in [5, 5.41) is 9.57. The normalized spacial score (nSPS) is 11.2. The first-order valence-corrected chi connectivity index (χ1v) is 6.67. The van der Waals surface area contributed by atoms with E-state index in [1.54, 1.807) is 13.0 Å². The fourth-order valence-electron chi connectivity index (χ4n) is 2.64. The van der Waals surface area contributed by atoms with Gasteiger partial charge >= 0.3 is 5.97 Å². The van der Waals surface area contributed by atoms with Gasteiger partial charge in [-0.2, -0.15) is 0 Å². The molecule has 20 heavy (non-hydrogen) atoms. The summed E-state index contributed by atoms with van der Waals surface area (Å²) in [6.07, 6.45) is -0.236. The summed E-state index contributed by atoms with van der Waals surface area (Å²) in [6.45, 7) is 5.97. The zero-order valence-electron chi connectivity index (χ0n) is 12.2. The molecule has 1 heterocycles. The van der Waals surface area contributed by atoms with Crippen LogP contribution in [0.15, 0.2) is 23.0 Å². The second-order valence-electron chi connectivity index (χ2n) is 5.42. The van der Waals surface area contributed by atoms with Crippen molar-refractivity contribution in [2.75, 3.05) is 0 Å². The molecule has 1 N–H and O–H groups in total. The molecule has 0 aliphatic carbocycles. The van der Waals surface area contributed by atoms with Gasteiger partial charge in [-0.25, -0.2) is 0 Å². The minimum Gasteiger partial charge on any atom is -0.481 e. The number of nitrogens with zero attached hydrogens (tertiary/aromatic N) is 1. The lowest BCUT2D eigenvalue weighted by molar-refractivity contribution is -0.136. The Labute approximate surface area is 117 Å². The highest BCUT2D eigenvalue weighted by Crippen LogP contribution is 2.25. The molecule has 0 bridgehead atoms. The Morgan fingerprint density at radius 3 is 2.55 bits per heavy atom. The van der Waals surface area contributed by atoms with Crippen molar-refractivity contribution in [3.63, 3.8) is 0 Å². The molecule has 0 unspecified atom stereocenters. The van der Waals surface area contributed by atoms with E-state index < -0.39 is 5.97 Å². The maximum absolute atomic E-state index is 12.5. The molecule has 0 aliphatic heterocycles. The van der Waals surface area contributed by atoms with E-state index in [2.05, 4.69) is 13.8 Å². The number of carboxylic acid groups (broad SMARTS) is 1. The van der Waals surface area contributed by atoms with E-state index in [0.29, 0.717) is 16.9 Å². The number of rotatable bonds is 3.